The maximum Gasteiger partial charge on any atom is 0.222 e. The maximum atomic E-state index is 10.7. The molecule has 3 aromatic rings. The average molecular weight is 482 g/mol. The highest BCUT2D eigenvalue weighted by molar-refractivity contribution is 5.65. The van der Waals surface area contributed by atoms with E-state index in [2.05, 4.69) is 18.7 Å². The van der Waals surface area contributed by atoms with Crippen molar-refractivity contribution in [3.8, 4) is 28.6 Å². The topological polar surface area (TPSA) is 69.0 Å². The molecule has 0 saturated carbocycles. The molecular weight excluding hydrogens is 442 g/mol. The molecule has 7 heteroatoms. The SMILES string of the molecule is COc1cccc(Oc2c(CN(C[C@H](O)COC(C)(C)C)C(C)C)c(-c3ccccc3)nn2C)c1. The molecule has 0 bridgehead atoms. The van der Waals surface area contributed by atoms with E-state index >= 15 is 0 Å². The summed E-state index contributed by atoms with van der Waals surface area (Å²) in [6.07, 6.45) is -0.615. The molecular formula is C28H39N3O4. The minimum absolute atomic E-state index is 0.188. The van der Waals surface area contributed by atoms with Crippen LogP contribution in [-0.4, -0.2) is 57.8 Å². The Morgan fingerprint density at radius 2 is 1.71 bits per heavy atom. The van der Waals surface area contributed by atoms with E-state index in [-0.39, 0.29) is 18.2 Å². The standard InChI is InChI=1S/C28H39N3O4/c1-20(2)31(17-22(32)19-34-28(3,4)5)18-25-26(21-12-9-8-10-13-21)29-30(6)27(25)35-24-15-11-14-23(16-24)33-7/h8-16,20,22,32H,17-19H2,1-7H3/t22-/m0/s1. The van der Waals surface area contributed by atoms with Gasteiger partial charge in [-0.2, -0.15) is 5.10 Å². The number of hydrogen-bond acceptors (Lipinski definition) is 6. The largest absolute Gasteiger partial charge is 0.497 e. The van der Waals surface area contributed by atoms with Crippen LogP contribution in [-0.2, 0) is 18.3 Å². The van der Waals surface area contributed by atoms with Crippen LogP contribution in [0.25, 0.3) is 11.3 Å². The van der Waals surface area contributed by atoms with E-state index in [1.807, 2.05) is 82.4 Å². The van der Waals surface area contributed by atoms with E-state index in [4.69, 9.17) is 19.3 Å². The number of nitrogens with zero attached hydrogens (tertiary/aromatic N) is 3. The molecule has 2 aromatic carbocycles. The average Bonchev–Trinajstić information content (AvgIpc) is 3.12. The van der Waals surface area contributed by atoms with Crippen LogP contribution in [0.5, 0.6) is 17.4 Å². The molecule has 0 spiro atoms. The summed E-state index contributed by atoms with van der Waals surface area (Å²) >= 11 is 0. The van der Waals surface area contributed by atoms with Crippen molar-refractivity contribution in [1.29, 1.82) is 0 Å². The van der Waals surface area contributed by atoms with Gasteiger partial charge in [0, 0.05) is 37.8 Å². The van der Waals surface area contributed by atoms with E-state index in [1.165, 1.54) is 0 Å². The molecule has 0 amide bonds. The van der Waals surface area contributed by atoms with Gasteiger partial charge in [0.25, 0.3) is 0 Å². The molecule has 0 unspecified atom stereocenters. The van der Waals surface area contributed by atoms with Crippen molar-refractivity contribution in [2.45, 2.75) is 58.9 Å². The lowest BCUT2D eigenvalue weighted by Gasteiger charge is -2.30. The van der Waals surface area contributed by atoms with Gasteiger partial charge < -0.3 is 19.3 Å². The van der Waals surface area contributed by atoms with Crippen LogP contribution in [0.2, 0.25) is 0 Å². The number of benzene rings is 2. The summed E-state index contributed by atoms with van der Waals surface area (Å²) in [6.45, 7) is 11.5. The summed E-state index contributed by atoms with van der Waals surface area (Å²) in [7, 11) is 3.52. The summed E-state index contributed by atoms with van der Waals surface area (Å²) in [4.78, 5) is 2.22. The van der Waals surface area contributed by atoms with Crippen LogP contribution in [0, 0.1) is 0 Å². The molecule has 0 aliphatic heterocycles. The zero-order chi connectivity index (χ0) is 25.6. The second-order valence-corrected chi connectivity index (χ2v) is 10.0. The number of ether oxygens (including phenoxy) is 3. The lowest BCUT2D eigenvalue weighted by Crippen LogP contribution is -2.40. The lowest BCUT2D eigenvalue weighted by molar-refractivity contribution is -0.0587. The van der Waals surface area contributed by atoms with Crippen LogP contribution in [0.1, 0.15) is 40.2 Å². The van der Waals surface area contributed by atoms with Gasteiger partial charge in [-0.1, -0.05) is 36.4 Å². The molecule has 1 aromatic heterocycles. The first kappa shape index (κ1) is 26.7. The van der Waals surface area contributed by atoms with Crippen LogP contribution < -0.4 is 9.47 Å². The molecule has 190 valence electrons. The zero-order valence-corrected chi connectivity index (χ0v) is 22.0. The molecule has 0 radical (unpaired) electrons. The molecule has 0 aliphatic rings. The maximum absolute atomic E-state index is 10.7. The van der Waals surface area contributed by atoms with Crippen LogP contribution in [0.4, 0.5) is 0 Å². The highest BCUT2D eigenvalue weighted by atomic mass is 16.5. The second kappa shape index (κ2) is 11.7. The van der Waals surface area contributed by atoms with Crippen LogP contribution >= 0.6 is 0 Å². The first-order valence-electron chi connectivity index (χ1n) is 12.1. The van der Waals surface area contributed by atoms with Crippen LogP contribution in [0.3, 0.4) is 0 Å². The van der Waals surface area contributed by atoms with Crippen molar-refractivity contribution in [3.63, 3.8) is 0 Å². The molecule has 1 atom stereocenters. The molecule has 0 aliphatic carbocycles. The number of aliphatic hydroxyl groups is 1. The van der Waals surface area contributed by atoms with E-state index in [9.17, 15) is 5.11 Å². The van der Waals surface area contributed by atoms with Gasteiger partial charge >= 0.3 is 0 Å². The number of rotatable bonds is 11. The van der Waals surface area contributed by atoms with Crippen LogP contribution in [0.15, 0.2) is 54.6 Å². The lowest BCUT2D eigenvalue weighted by atomic mass is 10.1. The second-order valence-electron chi connectivity index (χ2n) is 10.0. The molecule has 1 N–H and O–H groups in total. The Balaban J connectivity index is 1.95. The van der Waals surface area contributed by atoms with E-state index in [0.717, 1.165) is 22.6 Å². The zero-order valence-electron chi connectivity index (χ0n) is 22.0. The van der Waals surface area contributed by atoms with Crippen molar-refractivity contribution in [1.82, 2.24) is 14.7 Å². The molecule has 7 nitrogen and oxygen atoms in total. The van der Waals surface area contributed by atoms with Crippen molar-refractivity contribution >= 4 is 0 Å². The van der Waals surface area contributed by atoms with Gasteiger partial charge in [0.1, 0.15) is 17.2 Å². The Morgan fingerprint density at radius 1 is 1.03 bits per heavy atom. The Morgan fingerprint density at radius 3 is 2.34 bits per heavy atom. The number of methoxy groups -OCH3 is 1. The molecule has 0 fully saturated rings. The van der Waals surface area contributed by atoms with E-state index in [1.54, 1.807) is 11.8 Å². The summed E-state index contributed by atoms with van der Waals surface area (Å²) in [5.41, 5.74) is 2.53. The Labute approximate surface area is 209 Å². The highest BCUT2D eigenvalue weighted by Crippen LogP contribution is 2.35. The van der Waals surface area contributed by atoms with Crippen molar-refractivity contribution in [2.24, 2.45) is 7.05 Å². The summed E-state index contributed by atoms with van der Waals surface area (Å²) in [5.74, 6) is 2.05. The van der Waals surface area contributed by atoms with E-state index < -0.39 is 6.10 Å². The van der Waals surface area contributed by atoms with Gasteiger partial charge in [-0.05, 0) is 46.8 Å². The minimum atomic E-state index is -0.615. The fraction of sp³-hybridized carbons (Fsp3) is 0.464. The monoisotopic (exact) mass is 481 g/mol. The Kier molecular flexibility index (Phi) is 8.94. The summed E-state index contributed by atoms with van der Waals surface area (Å²) in [5, 5.41) is 15.6. The Hall–Kier alpha value is -2.87. The third kappa shape index (κ3) is 7.56. The number of aliphatic hydroxyl groups excluding tert-OH is 1. The number of hydrogen-bond donors (Lipinski definition) is 1. The van der Waals surface area contributed by atoms with Gasteiger partial charge in [-0.3, -0.25) is 4.90 Å². The van der Waals surface area contributed by atoms with Gasteiger partial charge in [0.15, 0.2) is 0 Å². The highest BCUT2D eigenvalue weighted by Gasteiger charge is 2.25. The normalized spacial score (nSPS) is 12.9. The molecule has 1 heterocycles. The minimum Gasteiger partial charge on any atom is -0.497 e. The third-order valence-electron chi connectivity index (χ3n) is 5.64. The summed E-state index contributed by atoms with van der Waals surface area (Å²) in [6, 6.07) is 17.8. The number of aromatic nitrogens is 2. The quantitative estimate of drug-likeness (QED) is 0.402. The Bertz CT molecular complexity index is 1070. The predicted octanol–water partition coefficient (Wildman–Crippen LogP) is 5.27. The molecule has 3 rings (SSSR count). The smallest absolute Gasteiger partial charge is 0.222 e. The third-order valence-corrected chi connectivity index (χ3v) is 5.64. The van der Waals surface area contributed by atoms with E-state index in [0.29, 0.717) is 24.7 Å². The first-order chi connectivity index (χ1) is 16.6. The van der Waals surface area contributed by atoms with Crippen molar-refractivity contribution < 1.29 is 19.3 Å². The fourth-order valence-corrected chi connectivity index (χ4v) is 3.76. The van der Waals surface area contributed by atoms with Crippen molar-refractivity contribution in [2.75, 3.05) is 20.3 Å². The number of aryl methyl sites for hydroxylation is 1. The van der Waals surface area contributed by atoms with Crippen molar-refractivity contribution in [3.05, 3.63) is 60.2 Å². The molecule has 0 saturated heterocycles. The van der Waals surface area contributed by atoms with Gasteiger partial charge in [0.2, 0.25) is 5.88 Å². The van der Waals surface area contributed by atoms with Gasteiger partial charge in [-0.15, -0.1) is 0 Å². The van der Waals surface area contributed by atoms with Gasteiger partial charge in [-0.25, -0.2) is 4.68 Å². The van der Waals surface area contributed by atoms with Gasteiger partial charge in [0.05, 0.1) is 31.0 Å². The predicted molar refractivity (Wildman–Crippen MR) is 139 cm³/mol. The first-order valence-corrected chi connectivity index (χ1v) is 12.1. The summed E-state index contributed by atoms with van der Waals surface area (Å²) < 4.78 is 19.3. The molecule has 35 heavy (non-hydrogen) atoms. The fourth-order valence-electron chi connectivity index (χ4n) is 3.76.